The van der Waals surface area contributed by atoms with Crippen LogP contribution in [-0.2, 0) is 0 Å². The molecule has 0 radical (unpaired) electrons. The molecule has 0 spiro atoms. The summed E-state index contributed by atoms with van der Waals surface area (Å²) in [5, 5.41) is 0. The highest BCUT2D eigenvalue weighted by molar-refractivity contribution is 5.39. The number of piperidine rings is 1. The molecule has 0 amide bonds. The third-order valence-corrected chi connectivity index (χ3v) is 4.26. The fraction of sp³-hybridized carbons (Fsp3) is 0.688. The number of aromatic nitrogens is 1. The van der Waals surface area contributed by atoms with Crippen molar-refractivity contribution in [3.8, 4) is 0 Å². The number of hydrogen-bond acceptors (Lipinski definition) is 3. The molecule has 1 saturated heterocycles. The minimum absolute atomic E-state index is 0.581. The molecule has 106 valence electrons. The van der Waals surface area contributed by atoms with E-state index in [1.54, 1.807) is 0 Å². The van der Waals surface area contributed by atoms with Gasteiger partial charge in [-0.1, -0.05) is 19.4 Å². The molecule has 2 rings (SSSR count). The number of rotatable bonds is 5. The molecule has 2 heterocycles. The Bertz CT molecular complexity index is 370. The lowest BCUT2D eigenvalue weighted by molar-refractivity contribution is 0.157. The van der Waals surface area contributed by atoms with Crippen molar-refractivity contribution in [2.75, 3.05) is 31.1 Å². The van der Waals surface area contributed by atoms with E-state index in [1.165, 1.54) is 31.4 Å². The second-order valence-electron chi connectivity index (χ2n) is 5.26. The minimum Gasteiger partial charge on any atom is -0.357 e. The number of nitrogens with zero attached hydrogens (tertiary/aromatic N) is 3. The Labute approximate surface area is 117 Å². The van der Waals surface area contributed by atoms with Crippen LogP contribution in [0.5, 0.6) is 0 Å². The Morgan fingerprint density at radius 3 is 2.58 bits per heavy atom. The molecule has 3 nitrogen and oxygen atoms in total. The maximum atomic E-state index is 4.66. The van der Waals surface area contributed by atoms with Gasteiger partial charge in [0.25, 0.3) is 0 Å². The van der Waals surface area contributed by atoms with E-state index in [-0.39, 0.29) is 0 Å². The predicted octanol–water partition coefficient (Wildman–Crippen LogP) is 3.47. The zero-order valence-corrected chi connectivity index (χ0v) is 12.6. The summed E-state index contributed by atoms with van der Waals surface area (Å²) in [7, 11) is 0. The van der Waals surface area contributed by atoms with Crippen molar-refractivity contribution >= 4 is 5.82 Å². The largest absolute Gasteiger partial charge is 0.357 e. The van der Waals surface area contributed by atoms with Crippen LogP contribution in [0.2, 0.25) is 0 Å². The van der Waals surface area contributed by atoms with E-state index >= 15 is 0 Å². The van der Waals surface area contributed by atoms with Gasteiger partial charge in [0, 0.05) is 25.3 Å². The van der Waals surface area contributed by atoms with E-state index in [9.17, 15) is 0 Å². The highest BCUT2D eigenvalue weighted by atomic mass is 15.2. The standard InChI is InChI=1S/C16H27N3/c1-4-18(5-2)16-11-10-14(13-17-16)15-9-7-8-12-19(15)6-3/h10-11,13,15H,4-9,12H2,1-3H3. The van der Waals surface area contributed by atoms with Gasteiger partial charge in [0.05, 0.1) is 0 Å². The summed E-state index contributed by atoms with van der Waals surface area (Å²) in [4.78, 5) is 9.54. The maximum absolute atomic E-state index is 4.66. The summed E-state index contributed by atoms with van der Waals surface area (Å²) in [5.74, 6) is 1.10. The molecule has 1 aliphatic rings. The van der Waals surface area contributed by atoms with Gasteiger partial charge in [0.15, 0.2) is 0 Å². The van der Waals surface area contributed by atoms with Crippen LogP contribution in [-0.4, -0.2) is 36.1 Å². The van der Waals surface area contributed by atoms with Gasteiger partial charge in [0.2, 0.25) is 0 Å². The van der Waals surface area contributed by atoms with Crippen molar-refractivity contribution in [2.24, 2.45) is 0 Å². The van der Waals surface area contributed by atoms with Gasteiger partial charge in [-0.25, -0.2) is 4.98 Å². The number of anilines is 1. The van der Waals surface area contributed by atoms with E-state index < -0.39 is 0 Å². The van der Waals surface area contributed by atoms with Crippen LogP contribution in [0.1, 0.15) is 51.6 Å². The SMILES string of the molecule is CCN(CC)c1ccc(C2CCCCN2CC)cn1. The molecule has 1 unspecified atom stereocenters. The third kappa shape index (κ3) is 3.27. The van der Waals surface area contributed by atoms with Crippen LogP contribution in [0.15, 0.2) is 18.3 Å². The first-order chi connectivity index (χ1) is 9.30. The molecule has 19 heavy (non-hydrogen) atoms. The third-order valence-electron chi connectivity index (χ3n) is 4.26. The molecule has 1 atom stereocenters. The first-order valence-electron chi connectivity index (χ1n) is 7.75. The summed E-state index contributed by atoms with van der Waals surface area (Å²) >= 11 is 0. The van der Waals surface area contributed by atoms with E-state index in [2.05, 4.69) is 53.9 Å². The molecule has 1 aliphatic heterocycles. The zero-order chi connectivity index (χ0) is 13.7. The number of hydrogen-bond donors (Lipinski definition) is 0. The molecule has 0 aromatic carbocycles. The van der Waals surface area contributed by atoms with Crippen molar-refractivity contribution < 1.29 is 0 Å². The molecule has 0 bridgehead atoms. The first-order valence-corrected chi connectivity index (χ1v) is 7.75. The van der Waals surface area contributed by atoms with Crippen LogP contribution in [0.3, 0.4) is 0 Å². The van der Waals surface area contributed by atoms with Gasteiger partial charge in [0.1, 0.15) is 5.82 Å². The topological polar surface area (TPSA) is 19.4 Å². The van der Waals surface area contributed by atoms with Crippen molar-refractivity contribution in [1.29, 1.82) is 0 Å². The van der Waals surface area contributed by atoms with E-state index in [1.807, 2.05) is 0 Å². The second kappa shape index (κ2) is 6.90. The number of likely N-dealkylation sites (tertiary alicyclic amines) is 1. The summed E-state index contributed by atoms with van der Waals surface area (Å²) in [6.07, 6.45) is 6.06. The molecule has 1 fully saturated rings. The zero-order valence-electron chi connectivity index (χ0n) is 12.6. The fourth-order valence-corrected chi connectivity index (χ4v) is 3.08. The Balaban J connectivity index is 2.12. The summed E-state index contributed by atoms with van der Waals surface area (Å²) in [5.41, 5.74) is 1.39. The maximum Gasteiger partial charge on any atom is 0.128 e. The Morgan fingerprint density at radius 1 is 1.21 bits per heavy atom. The normalized spacial score (nSPS) is 20.5. The Morgan fingerprint density at radius 2 is 2.00 bits per heavy atom. The molecule has 0 N–H and O–H groups in total. The molecule has 1 aromatic heterocycles. The summed E-state index contributed by atoms with van der Waals surface area (Å²) < 4.78 is 0. The van der Waals surface area contributed by atoms with Crippen molar-refractivity contribution in [3.63, 3.8) is 0 Å². The lowest BCUT2D eigenvalue weighted by Crippen LogP contribution is -2.33. The van der Waals surface area contributed by atoms with E-state index in [4.69, 9.17) is 0 Å². The first kappa shape index (κ1) is 14.3. The van der Waals surface area contributed by atoms with Crippen LogP contribution in [0.4, 0.5) is 5.82 Å². The lowest BCUT2D eigenvalue weighted by Gasteiger charge is -2.35. The van der Waals surface area contributed by atoms with Gasteiger partial charge < -0.3 is 4.90 Å². The highest BCUT2D eigenvalue weighted by Gasteiger charge is 2.22. The van der Waals surface area contributed by atoms with Crippen LogP contribution < -0.4 is 4.90 Å². The summed E-state index contributed by atoms with van der Waals surface area (Å²) in [6.45, 7) is 11.0. The molecule has 3 heteroatoms. The number of pyridine rings is 1. The van der Waals surface area contributed by atoms with Crippen LogP contribution in [0, 0.1) is 0 Å². The van der Waals surface area contributed by atoms with Gasteiger partial charge >= 0.3 is 0 Å². The monoisotopic (exact) mass is 261 g/mol. The van der Waals surface area contributed by atoms with Gasteiger partial charge in [-0.05, 0) is 51.4 Å². The fourth-order valence-electron chi connectivity index (χ4n) is 3.08. The molecule has 0 aliphatic carbocycles. The predicted molar refractivity (Wildman–Crippen MR) is 81.6 cm³/mol. The lowest BCUT2D eigenvalue weighted by atomic mass is 9.96. The van der Waals surface area contributed by atoms with Crippen molar-refractivity contribution in [1.82, 2.24) is 9.88 Å². The van der Waals surface area contributed by atoms with Crippen molar-refractivity contribution in [2.45, 2.75) is 46.1 Å². The Hall–Kier alpha value is -1.09. The molecule has 0 saturated carbocycles. The van der Waals surface area contributed by atoms with E-state index in [0.29, 0.717) is 6.04 Å². The van der Waals surface area contributed by atoms with Crippen LogP contribution >= 0.6 is 0 Å². The summed E-state index contributed by atoms with van der Waals surface area (Å²) in [6, 6.07) is 5.04. The van der Waals surface area contributed by atoms with Gasteiger partial charge in [-0.3, -0.25) is 4.90 Å². The Kier molecular flexibility index (Phi) is 5.20. The average molecular weight is 261 g/mol. The highest BCUT2D eigenvalue weighted by Crippen LogP contribution is 2.30. The molecule has 1 aromatic rings. The quantitative estimate of drug-likeness (QED) is 0.809. The molecular formula is C16H27N3. The van der Waals surface area contributed by atoms with Crippen molar-refractivity contribution in [3.05, 3.63) is 23.9 Å². The van der Waals surface area contributed by atoms with E-state index in [0.717, 1.165) is 25.5 Å². The van der Waals surface area contributed by atoms with Gasteiger partial charge in [-0.15, -0.1) is 0 Å². The average Bonchev–Trinajstić information content (AvgIpc) is 2.49. The van der Waals surface area contributed by atoms with Gasteiger partial charge in [-0.2, -0.15) is 0 Å². The second-order valence-corrected chi connectivity index (χ2v) is 5.26. The molecular weight excluding hydrogens is 234 g/mol. The minimum atomic E-state index is 0.581. The van der Waals surface area contributed by atoms with Crippen LogP contribution in [0.25, 0.3) is 0 Å². The smallest absolute Gasteiger partial charge is 0.128 e.